The van der Waals surface area contributed by atoms with Gasteiger partial charge in [-0.1, -0.05) is 11.6 Å². The quantitative estimate of drug-likeness (QED) is 0.732. The van der Waals surface area contributed by atoms with Crippen LogP contribution in [0, 0.1) is 0 Å². The maximum atomic E-state index is 13.1. The third kappa shape index (κ3) is 2.42. The van der Waals surface area contributed by atoms with Crippen molar-refractivity contribution in [2.45, 2.75) is 12.6 Å². The molecule has 1 aliphatic rings. The molecule has 0 saturated heterocycles. The van der Waals surface area contributed by atoms with Crippen LogP contribution >= 0.6 is 11.6 Å². The number of amides is 1. The highest BCUT2D eigenvalue weighted by atomic mass is 35.5. The fraction of sp³-hybridized carbons (Fsp3) is 0.118. The van der Waals surface area contributed by atoms with Crippen molar-refractivity contribution in [3.63, 3.8) is 0 Å². The molecular weight excluding hydrogens is 356 g/mol. The molecule has 3 aromatic heterocycles. The lowest BCUT2D eigenvalue weighted by Gasteiger charge is -2.28. The van der Waals surface area contributed by atoms with Crippen molar-refractivity contribution in [2.75, 3.05) is 5.32 Å². The van der Waals surface area contributed by atoms with Crippen molar-refractivity contribution in [2.24, 2.45) is 0 Å². The van der Waals surface area contributed by atoms with Gasteiger partial charge >= 0.3 is 0 Å². The van der Waals surface area contributed by atoms with Crippen molar-refractivity contribution in [3.8, 4) is 0 Å². The Hall–Kier alpha value is -3.26. The molecule has 1 aliphatic heterocycles. The average molecular weight is 369 g/mol. The molecule has 9 heteroatoms. The van der Waals surface area contributed by atoms with E-state index < -0.39 is 17.1 Å². The van der Waals surface area contributed by atoms with Crippen LogP contribution in [-0.4, -0.2) is 25.4 Å². The molecule has 4 rings (SSSR count). The smallest absolute Gasteiger partial charge is 0.277 e. The molecule has 0 aliphatic carbocycles. The number of pyridine rings is 2. The normalized spacial score (nSPS) is 18.3. The van der Waals surface area contributed by atoms with Gasteiger partial charge in [-0.3, -0.25) is 19.1 Å². The number of hydrogen-bond donors (Lipinski definition) is 2. The summed E-state index contributed by atoms with van der Waals surface area (Å²) < 4.78 is 1.36. The van der Waals surface area contributed by atoms with Gasteiger partial charge < -0.3 is 10.6 Å². The van der Waals surface area contributed by atoms with Gasteiger partial charge in [-0.2, -0.15) is 0 Å². The van der Waals surface area contributed by atoms with Crippen LogP contribution < -0.4 is 16.2 Å². The molecule has 0 bridgehead atoms. The molecule has 0 saturated carbocycles. The second-order valence-electron chi connectivity index (χ2n) is 5.88. The number of anilines is 2. The topological polar surface area (TPSA) is 102 Å². The maximum absolute atomic E-state index is 13.1. The van der Waals surface area contributed by atoms with Crippen molar-refractivity contribution >= 4 is 29.0 Å². The Morgan fingerprint density at radius 3 is 2.58 bits per heavy atom. The van der Waals surface area contributed by atoms with Crippen molar-refractivity contribution in [1.29, 1.82) is 0 Å². The van der Waals surface area contributed by atoms with Crippen LogP contribution in [0.25, 0.3) is 0 Å². The predicted molar refractivity (Wildman–Crippen MR) is 95.5 cm³/mol. The van der Waals surface area contributed by atoms with Crippen LogP contribution in [0.15, 0.2) is 54.0 Å². The van der Waals surface area contributed by atoms with E-state index in [1.54, 1.807) is 43.7 Å². The fourth-order valence-electron chi connectivity index (χ4n) is 3.03. The lowest BCUT2D eigenvalue weighted by molar-refractivity contribution is 0.0941. The van der Waals surface area contributed by atoms with E-state index in [2.05, 4.69) is 25.6 Å². The summed E-state index contributed by atoms with van der Waals surface area (Å²) in [5, 5.41) is 5.93. The molecule has 26 heavy (non-hydrogen) atoms. The number of nitrogens with one attached hydrogen (secondary N) is 2. The van der Waals surface area contributed by atoms with Crippen molar-refractivity contribution in [3.05, 3.63) is 75.8 Å². The van der Waals surface area contributed by atoms with E-state index in [-0.39, 0.29) is 16.4 Å². The molecule has 8 nitrogen and oxygen atoms in total. The Kier molecular flexibility index (Phi) is 3.69. The third-order valence-corrected chi connectivity index (χ3v) is 4.55. The summed E-state index contributed by atoms with van der Waals surface area (Å²) in [6.45, 7) is 1.74. The zero-order valence-electron chi connectivity index (χ0n) is 13.6. The number of fused-ring (bicyclic) bond motifs is 1. The second kappa shape index (κ2) is 5.92. The van der Waals surface area contributed by atoms with E-state index in [1.165, 1.54) is 17.0 Å². The summed E-state index contributed by atoms with van der Waals surface area (Å²) in [7, 11) is 0. The number of nitrogens with zero attached hydrogens (tertiary/aromatic N) is 4. The van der Waals surface area contributed by atoms with E-state index in [0.29, 0.717) is 11.4 Å². The Morgan fingerprint density at radius 2 is 1.88 bits per heavy atom. The van der Waals surface area contributed by atoms with E-state index >= 15 is 0 Å². The van der Waals surface area contributed by atoms with Crippen LogP contribution in [0.2, 0.25) is 5.02 Å². The minimum Gasteiger partial charge on any atom is -0.336 e. The average Bonchev–Trinajstić information content (AvgIpc) is 2.93. The molecule has 0 fully saturated rings. The summed E-state index contributed by atoms with van der Waals surface area (Å²) in [5.41, 5.74) is -0.463. The molecule has 0 aromatic carbocycles. The van der Waals surface area contributed by atoms with Gasteiger partial charge in [0.15, 0.2) is 0 Å². The first-order valence-corrected chi connectivity index (χ1v) is 8.10. The van der Waals surface area contributed by atoms with E-state index in [1.807, 2.05) is 0 Å². The number of aromatic nitrogens is 4. The number of carbonyl (C=O) groups is 1. The Morgan fingerprint density at radius 1 is 1.15 bits per heavy atom. The largest absolute Gasteiger partial charge is 0.336 e. The van der Waals surface area contributed by atoms with Gasteiger partial charge in [-0.25, -0.2) is 9.97 Å². The van der Waals surface area contributed by atoms with Gasteiger partial charge in [0, 0.05) is 24.2 Å². The molecule has 1 unspecified atom stereocenters. The summed E-state index contributed by atoms with van der Waals surface area (Å²) in [4.78, 5) is 37.5. The van der Waals surface area contributed by atoms with Crippen LogP contribution in [0.4, 0.5) is 11.5 Å². The lowest BCUT2D eigenvalue weighted by Crippen LogP contribution is -2.46. The Bertz CT molecular complexity index is 1050. The minimum absolute atomic E-state index is 0.115. The van der Waals surface area contributed by atoms with E-state index in [0.717, 1.165) is 0 Å². The van der Waals surface area contributed by atoms with Crippen LogP contribution in [0.5, 0.6) is 0 Å². The highest BCUT2D eigenvalue weighted by Crippen LogP contribution is 2.33. The first kappa shape index (κ1) is 16.2. The zero-order chi connectivity index (χ0) is 18.3. The van der Waals surface area contributed by atoms with Crippen LogP contribution in [-0.2, 0) is 5.66 Å². The van der Waals surface area contributed by atoms with Crippen molar-refractivity contribution in [1.82, 2.24) is 24.8 Å². The first-order valence-electron chi connectivity index (χ1n) is 7.73. The van der Waals surface area contributed by atoms with Gasteiger partial charge in [0.05, 0.1) is 5.02 Å². The maximum Gasteiger partial charge on any atom is 0.277 e. The summed E-state index contributed by atoms with van der Waals surface area (Å²) in [6, 6.07) is 6.52. The number of halogens is 1. The highest BCUT2D eigenvalue weighted by molar-refractivity contribution is 6.34. The summed E-state index contributed by atoms with van der Waals surface area (Å²) in [6.07, 6.45) is 6.11. The van der Waals surface area contributed by atoms with Crippen LogP contribution in [0.3, 0.4) is 0 Å². The SMILES string of the molecule is CC1(c2ccncc2)NC(=O)c2c(Cl)cc(Nc3ccncn3)c(=O)n21. The van der Waals surface area contributed by atoms with Gasteiger partial charge in [-0.15, -0.1) is 0 Å². The molecular formula is C17H13ClN6O2. The molecule has 1 amide bonds. The van der Waals surface area contributed by atoms with Gasteiger partial charge in [0.25, 0.3) is 11.5 Å². The minimum atomic E-state index is -1.08. The molecule has 130 valence electrons. The second-order valence-corrected chi connectivity index (χ2v) is 6.28. The highest BCUT2D eigenvalue weighted by Gasteiger charge is 2.43. The number of carbonyl (C=O) groups excluding carboxylic acids is 1. The molecule has 4 heterocycles. The molecule has 3 aromatic rings. The van der Waals surface area contributed by atoms with E-state index in [4.69, 9.17) is 11.6 Å². The fourth-order valence-corrected chi connectivity index (χ4v) is 3.31. The van der Waals surface area contributed by atoms with Gasteiger partial charge in [0.2, 0.25) is 0 Å². The first-order chi connectivity index (χ1) is 12.5. The standard InChI is InChI=1S/C17H13ClN6O2/c1-17(10-2-5-19-6-3-10)23-15(25)14-11(18)8-12(16(26)24(14)17)22-13-4-7-20-9-21-13/h2-9H,1H3,(H,23,25)(H,20,21,22). The van der Waals surface area contributed by atoms with E-state index in [9.17, 15) is 9.59 Å². The van der Waals surface area contributed by atoms with Crippen LogP contribution in [0.1, 0.15) is 23.0 Å². The van der Waals surface area contributed by atoms with Gasteiger partial charge in [0.1, 0.15) is 29.2 Å². The molecule has 0 spiro atoms. The summed E-state index contributed by atoms with van der Waals surface area (Å²) >= 11 is 6.32. The molecule has 0 radical (unpaired) electrons. The number of rotatable bonds is 3. The summed E-state index contributed by atoms with van der Waals surface area (Å²) in [5.74, 6) is 0.0246. The molecule has 2 N–H and O–H groups in total. The Balaban J connectivity index is 1.92. The Labute approximate surface area is 152 Å². The number of hydrogen-bond acceptors (Lipinski definition) is 6. The zero-order valence-corrected chi connectivity index (χ0v) is 14.4. The predicted octanol–water partition coefficient (Wildman–Crippen LogP) is 1.89. The molecule has 1 atom stereocenters. The lowest BCUT2D eigenvalue weighted by atomic mass is 10.0. The van der Waals surface area contributed by atoms with Crippen molar-refractivity contribution < 1.29 is 4.79 Å². The monoisotopic (exact) mass is 368 g/mol. The third-order valence-electron chi connectivity index (χ3n) is 4.26. The van der Waals surface area contributed by atoms with Gasteiger partial charge in [-0.05, 0) is 31.2 Å².